The smallest absolute Gasteiger partial charge is 0.222 e. The van der Waals surface area contributed by atoms with Gasteiger partial charge in [0.05, 0.1) is 12.6 Å². The standard InChI is InChI=1S/C24H36N4O2.HI/c1-2-25-23(26-16-13-22(29)27-18-9-3-4-10-18)28-20-17-24(14-7-8-15-24)30-21-12-6-5-11-19(20)21;/h5-6,11-12,18,20H,2-4,7-10,13-17H2,1H3,(H,27,29)(H2,25,26,28);1H. The van der Waals surface area contributed by atoms with Gasteiger partial charge in [-0.2, -0.15) is 0 Å². The molecule has 2 saturated carbocycles. The Hall–Kier alpha value is -1.51. The summed E-state index contributed by atoms with van der Waals surface area (Å²) in [6, 6.07) is 8.88. The molecule has 1 atom stereocenters. The van der Waals surface area contributed by atoms with E-state index in [1.807, 2.05) is 6.07 Å². The highest BCUT2D eigenvalue weighted by Crippen LogP contribution is 2.46. The lowest BCUT2D eigenvalue weighted by Gasteiger charge is -2.40. The molecule has 0 aromatic heterocycles. The first-order valence-electron chi connectivity index (χ1n) is 11.8. The zero-order valence-electron chi connectivity index (χ0n) is 18.6. The summed E-state index contributed by atoms with van der Waals surface area (Å²) in [5, 5.41) is 10.1. The molecule has 1 amide bonds. The summed E-state index contributed by atoms with van der Waals surface area (Å²) >= 11 is 0. The summed E-state index contributed by atoms with van der Waals surface area (Å²) in [4.78, 5) is 16.9. The maximum Gasteiger partial charge on any atom is 0.222 e. The third kappa shape index (κ3) is 6.26. The maximum atomic E-state index is 12.2. The van der Waals surface area contributed by atoms with Gasteiger partial charge >= 0.3 is 0 Å². The molecule has 172 valence electrons. The van der Waals surface area contributed by atoms with Crippen molar-refractivity contribution in [1.29, 1.82) is 0 Å². The van der Waals surface area contributed by atoms with Gasteiger partial charge in [0.15, 0.2) is 5.96 Å². The number of nitrogens with zero attached hydrogens (tertiary/aromatic N) is 1. The van der Waals surface area contributed by atoms with Gasteiger partial charge in [-0.1, -0.05) is 31.0 Å². The van der Waals surface area contributed by atoms with Crippen LogP contribution in [0.5, 0.6) is 5.75 Å². The van der Waals surface area contributed by atoms with Crippen LogP contribution in [0.4, 0.5) is 0 Å². The van der Waals surface area contributed by atoms with E-state index in [9.17, 15) is 4.79 Å². The Balaban J connectivity index is 0.00000272. The van der Waals surface area contributed by atoms with Crippen molar-refractivity contribution in [3.8, 4) is 5.75 Å². The van der Waals surface area contributed by atoms with Crippen LogP contribution >= 0.6 is 24.0 Å². The van der Waals surface area contributed by atoms with Gasteiger partial charge in [-0.05, 0) is 51.5 Å². The zero-order valence-corrected chi connectivity index (χ0v) is 21.0. The lowest BCUT2D eigenvalue weighted by molar-refractivity contribution is -0.121. The summed E-state index contributed by atoms with van der Waals surface area (Å²) in [7, 11) is 0. The molecule has 1 aromatic rings. The molecule has 31 heavy (non-hydrogen) atoms. The van der Waals surface area contributed by atoms with Crippen LogP contribution in [0.15, 0.2) is 29.3 Å². The first-order valence-corrected chi connectivity index (χ1v) is 11.8. The van der Waals surface area contributed by atoms with Crippen LogP contribution in [0.1, 0.15) is 82.7 Å². The minimum atomic E-state index is -0.0511. The Morgan fingerprint density at radius 1 is 1.13 bits per heavy atom. The van der Waals surface area contributed by atoms with Crippen LogP contribution in [-0.2, 0) is 4.79 Å². The van der Waals surface area contributed by atoms with Crippen LogP contribution in [0.25, 0.3) is 0 Å². The second kappa shape index (κ2) is 11.4. The lowest BCUT2D eigenvalue weighted by Crippen LogP contribution is -2.46. The van der Waals surface area contributed by atoms with Crippen molar-refractivity contribution in [1.82, 2.24) is 16.0 Å². The molecule has 2 aliphatic carbocycles. The molecule has 1 unspecified atom stereocenters. The van der Waals surface area contributed by atoms with Crippen molar-refractivity contribution in [2.75, 3.05) is 13.1 Å². The van der Waals surface area contributed by atoms with E-state index < -0.39 is 0 Å². The summed E-state index contributed by atoms with van der Waals surface area (Å²) in [6.07, 6.45) is 10.8. The second-order valence-corrected chi connectivity index (χ2v) is 8.99. The normalized spacial score (nSPS) is 22.4. The first-order chi connectivity index (χ1) is 14.7. The number of nitrogens with one attached hydrogen (secondary N) is 3. The predicted octanol–water partition coefficient (Wildman–Crippen LogP) is 4.45. The Kier molecular flexibility index (Phi) is 8.86. The molecule has 0 radical (unpaired) electrons. The number of guanidine groups is 1. The number of para-hydroxylation sites is 1. The molecule has 3 aliphatic rings. The number of hydrogen-bond donors (Lipinski definition) is 3. The Bertz CT molecular complexity index is 758. The van der Waals surface area contributed by atoms with E-state index in [1.165, 1.54) is 31.2 Å². The SMILES string of the molecule is CCNC(=NCCC(=O)NC1CCCC1)NC1CC2(CCCC2)Oc2ccccc21.I. The Labute approximate surface area is 203 Å². The first kappa shape index (κ1) is 24.1. The molecule has 0 saturated heterocycles. The van der Waals surface area contributed by atoms with Crippen LogP contribution in [0.3, 0.4) is 0 Å². The van der Waals surface area contributed by atoms with E-state index in [4.69, 9.17) is 9.73 Å². The van der Waals surface area contributed by atoms with E-state index in [-0.39, 0.29) is 41.5 Å². The number of halogens is 1. The number of hydrogen-bond acceptors (Lipinski definition) is 3. The van der Waals surface area contributed by atoms with Gasteiger partial charge in [-0.25, -0.2) is 0 Å². The van der Waals surface area contributed by atoms with Crippen LogP contribution in [0, 0.1) is 0 Å². The van der Waals surface area contributed by atoms with Crippen LogP contribution in [-0.4, -0.2) is 36.6 Å². The number of carbonyl (C=O) groups excluding carboxylic acids is 1. The summed E-state index contributed by atoms with van der Waals surface area (Å²) in [5.74, 6) is 1.89. The number of fused-ring (bicyclic) bond motifs is 1. The van der Waals surface area contributed by atoms with E-state index in [2.05, 4.69) is 41.1 Å². The zero-order chi connectivity index (χ0) is 20.8. The molecular formula is C24H37IN4O2. The largest absolute Gasteiger partial charge is 0.487 e. The predicted molar refractivity (Wildman–Crippen MR) is 135 cm³/mol. The van der Waals surface area contributed by atoms with Gasteiger partial charge < -0.3 is 20.7 Å². The molecule has 3 N–H and O–H groups in total. The maximum absolute atomic E-state index is 12.2. The number of carbonyl (C=O) groups is 1. The fourth-order valence-electron chi connectivity index (χ4n) is 5.20. The molecule has 1 spiro atoms. The van der Waals surface area contributed by atoms with E-state index in [0.29, 0.717) is 19.0 Å². The number of rotatable bonds is 6. The van der Waals surface area contributed by atoms with Crippen molar-refractivity contribution in [2.24, 2.45) is 4.99 Å². The summed E-state index contributed by atoms with van der Waals surface area (Å²) in [5.41, 5.74) is 1.14. The highest BCUT2D eigenvalue weighted by atomic mass is 127. The quantitative estimate of drug-likeness (QED) is 0.283. The van der Waals surface area contributed by atoms with Crippen molar-refractivity contribution in [2.45, 2.75) is 88.8 Å². The lowest BCUT2D eigenvalue weighted by atomic mass is 9.86. The molecule has 6 nitrogen and oxygen atoms in total. The minimum Gasteiger partial charge on any atom is -0.487 e. The van der Waals surface area contributed by atoms with Crippen molar-refractivity contribution >= 4 is 35.8 Å². The van der Waals surface area contributed by atoms with Gasteiger partial charge in [0, 0.05) is 31.0 Å². The van der Waals surface area contributed by atoms with Crippen molar-refractivity contribution in [3.63, 3.8) is 0 Å². The van der Waals surface area contributed by atoms with Gasteiger partial charge in [0.2, 0.25) is 5.91 Å². The molecular weight excluding hydrogens is 503 g/mol. The number of amides is 1. The van der Waals surface area contributed by atoms with Crippen LogP contribution < -0.4 is 20.7 Å². The van der Waals surface area contributed by atoms with Gasteiger partial charge in [0.1, 0.15) is 11.4 Å². The summed E-state index contributed by atoms with van der Waals surface area (Å²) in [6.45, 7) is 3.35. The average molecular weight is 540 g/mol. The number of benzene rings is 1. The van der Waals surface area contributed by atoms with Gasteiger partial charge in [0.25, 0.3) is 0 Å². The molecule has 1 aromatic carbocycles. The second-order valence-electron chi connectivity index (χ2n) is 8.99. The van der Waals surface area contributed by atoms with E-state index in [0.717, 1.165) is 50.4 Å². The third-order valence-electron chi connectivity index (χ3n) is 6.70. The molecule has 7 heteroatoms. The minimum absolute atomic E-state index is 0. The van der Waals surface area contributed by atoms with Crippen LogP contribution in [0.2, 0.25) is 0 Å². The topological polar surface area (TPSA) is 74.8 Å². The number of aliphatic imine (C=N–C) groups is 1. The van der Waals surface area contributed by atoms with E-state index >= 15 is 0 Å². The highest BCUT2D eigenvalue weighted by molar-refractivity contribution is 14.0. The Morgan fingerprint density at radius 3 is 2.61 bits per heavy atom. The monoisotopic (exact) mass is 540 g/mol. The third-order valence-corrected chi connectivity index (χ3v) is 6.70. The van der Waals surface area contributed by atoms with Gasteiger partial charge in [-0.15, -0.1) is 24.0 Å². The highest BCUT2D eigenvalue weighted by Gasteiger charge is 2.43. The molecule has 2 fully saturated rings. The molecule has 1 aliphatic heterocycles. The fourth-order valence-corrected chi connectivity index (χ4v) is 5.20. The average Bonchev–Trinajstić information content (AvgIpc) is 3.40. The molecule has 1 heterocycles. The van der Waals surface area contributed by atoms with Crippen molar-refractivity contribution in [3.05, 3.63) is 29.8 Å². The molecule has 4 rings (SSSR count). The summed E-state index contributed by atoms with van der Waals surface area (Å²) < 4.78 is 6.47. The van der Waals surface area contributed by atoms with Crippen molar-refractivity contribution < 1.29 is 9.53 Å². The number of ether oxygens (including phenoxy) is 1. The fraction of sp³-hybridized carbons (Fsp3) is 0.667. The molecule has 0 bridgehead atoms. The van der Waals surface area contributed by atoms with Gasteiger partial charge in [-0.3, -0.25) is 9.79 Å². The van der Waals surface area contributed by atoms with E-state index in [1.54, 1.807) is 0 Å². The Morgan fingerprint density at radius 2 is 1.87 bits per heavy atom.